The molecule has 0 aromatic carbocycles. The van der Waals surface area contributed by atoms with Crippen LogP contribution in [0.15, 0.2) is 0 Å². The molecule has 0 spiro atoms. The fraction of sp³-hybridized carbons (Fsp3) is 0.818. The molecule has 0 aliphatic heterocycles. The second-order valence-corrected chi connectivity index (χ2v) is 4.13. The van der Waals surface area contributed by atoms with Crippen LogP contribution in [-0.2, 0) is 9.59 Å². The Morgan fingerprint density at radius 1 is 1.07 bits per heavy atom. The molecular formula is C11H18NO3-. The lowest BCUT2D eigenvalue weighted by molar-refractivity contribution is -0.305. The maximum atomic E-state index is 11.3. The van der Waals surface area contributed by atoms with Gasteiger partial charge in [0.1, 0.15) is 0 Å². The van der Waals surface area contributed by atoms with Gasteiger partial charge < -0.3 is 15.2 Å². The van der Waals surface area contributed by atoms with Gasteiger partial charge in [-0.25, -0.2) is 0 Å². The van der Waals surface area contributed by atoms with Gasteiger partial charge in [0, 0.05) is 18.4 Å². The Hall–Kier alpha value is -1.06. The van der Waals surface area contributed by atoms with E-state index < -0.39 is 5.97 Å². The molecule has 1 amide bonds. The van der Waals surface area contributed by atoms with E-state index in [0.717, 1.165) is 25.7 Å². The number of nitrogens with one attached hydrogen (secondary N) is 1. The molecule has 86 valence electrons. The Balaban J connectivity index is 2.20. The van der Waals surface area contributed by atoms with Crippen molar-refractivity contribution in [2.24, 2.45) is 0 Å². The Bertz CT molecular complexity index is 220. The monoisotopic (exact) mass is 212 g/mol. The largest absolute Gasteiger partial charge is 0.550 e. The predicted molar refractivity (Wildman–Crippen MR) is 53.9 cm³/mol. The molecule has 0 atom stereocenters. The van der Waals surface area contributed by atoms with Gasteiger partial charge in [0.05, 0.1) is 0 Å². The first-order valence-electron chi connectivity index (χ1n) is 5.67. The fourth-order valence-corrected chi connectivity index (χ4v) is 1.94. The fourth-order valence-electron chi connectivity index (χ4n) is 1.94. The standard InChI is InChI=1S/C11H19NO3/c13-10(7-8-11(14)15)12-9-5-3-1-2-4-6-9/h9H,1-8H2,(H,12,13)(H,14,15)/p-1. The SMILES string of the molecule is O=C([O-])CCC(=O)NC1CCCCCC1. The van der Waals surface area contributed by atoms with Crippen LogP contribution in [0.4, 0.5) is 0 Å². The first kappa shape index (κ1) is 12.0. The average molecular weight is 212 g/mol. The van der Waals surface area contributed by atoms with E-state index in [4.69, 9.17) is 0 Å². The van der Waals surface area contributed by atoms with Crippen molar-refractivity contribution in [3.63, 3.8) is 0 Å². The minimum atomic E-state index is -1.16. The normalized spacial score (nSPS) is 18.1. The van der Waals surface area contributed by atoms with E-state index in [9.17, 15) is 14.7 Å². The molecule has 4 heteroatoms. The third-order valence-electron chi connectivity index (χ3n) is 2.78. The summed E-state index contributed by atoms with van der Waals surface area (Å²) in [6.45, 7) is 0. The number of carbonyl (C=O) groups excluding carboxylic acids is 2. The number of amides is 1. The molecule has 1 fully saturated rings. The third kappa shape index (κ3) is 5.40. The molecule has 1 N–H and O–H groups in total. The third-order valence-corrected chi connectivity index (χ3v) is 2.78. The van der Waals surface area contributed by atoms with Crippen molar-refractivity contribution < 1.29 is 14.7 Å². The first-order valence-corrected chi connectivity index (χ1v) is 5.67. The lowest BCUT2D eigenvalue weighted by atomic mass is 10.1. The summed E-state index contributed by atoms with van der Waals surface area (Å²) in [5.41, 5.74) is 0. The molecule has 0 bridgehead atoms. The van der Waals surface area contributed by atoms with E-state index in [2.05, 4.69) is 5.32 Å². The number of hydrogen-bond acceptors (Lipinski definition) is 3. The highest BCUT2D eigenvalue weighted by Crippen LogP contribution is 2.17. The molecular weight excluding hydrogens is 194 g/mol. The van der Waals surface area contributed by atoms with Gasteiger partial charge >= 0.3 is 0 Å². The van der Waals surface area contributed by atoms with Crippen LogP contribution in [0, 0.1) is 0 Å². The maximum absolute atomic E-state index is 11.3. The van der Waals surface area contributed by atoms with Crippen LogP contribution >= 0.6 is 0 Å². The average Bonchev–Trinajstić information content (AvgIpc) is 2.43. The number of carbonyl (C=O) groups is 2. The Morgan fingerprint density at radius 2 is 1.67 bits per heavy atom. The minimum Gasteiger partial charge on any atom is -0.550 e. The molecule has 0 aromatic rings. The number of aliphatic carboxylic acids is 1. The van der Waals surface area contributed by atoms with Crippen molar-refractivity contribution in [2.45, 2.75) is 57.4 Å². The van der Waals surface area contributed by atoms with Crippen LogP contribution < -0.4 is 10.4 Å². The summed E-state index contributed by atoms with van der Waals surface area (Å²) in [4.78, 5) is 21.5. The summed E-state index contributed by atoms with van der Waals surface area (Å²) in [5, 5.41) is 13.0. The predicted octanol–water partition coefficient (Wildman–Crippen LogP) is 0.355. The summed E-state index contributed by atoms with van der Waals surface area (Å²) in [5.74, 6) is -1.32. The topological polar surface area (TPSA) is 69.2 Å². The molecule has 15 heavy (non-hydrogen) atoms. The Morgan fingerprint density at radius 3 is 2.20 bits per heavy atom. The quantitative estimate of drug-likeness (QED) is 0.684. The number of carboxylic acids is 1. The number of rotatable bonds is 4. The number of carboxylic acid groups (broad SMARTS) is 1. The molecule has 0 saturated heterocycles. The van der Waals surface area contributed by atoms with Crippen LogP contribution in [0.1, 0.15) is 51.4 Å². The number of hydrogen-bond donors (Lipinski definition) is 1. The summed E-state index contributed by atoms with van der Waals surface area (Å²) >= 11 is 0. The van der Waals surface area contributed by atoms with E-state index in [0.29, 0.717) is 0 Å². The van der Waals surface area contributed by atoms with E-state index in [1.54, 1.807) is 0 Å². The van der Waals surface area contributed by atoms with Gasteiger partial charge in [0.2, 0.25) is 5.91 Å². The van der Waals surface area contributed by atoms with Crippen LogP contribution in [0.5, 0.6) is 0 Å². The van der Waals surface area contributed by atoms with Gasteiger partial charge in [-0.2, -0.15) is 0 Å². The van der Waals surface area contributed by atoms with E-state index >= 15 is 0 Å². The van der Waals surface area contributed by atoms with Crippen molar-refractivity contribution in [3.05, 3.63) is 0 Å². The lowest BCUT2D eigenvalue weighted by Gasteiger charge is -2.16. The zero-order valence-corrected chi connectivity index (χ0v) is 8.96. The van der Waals surface area contributed by atoms with Gasteiger partial charge in [-0.3, -0.25) is 4.79 Å². The second kappa shape index (κ2) is 6.43. The van der Waals surface area contributed by atoms with Crippen molar-refractivity contribution in [3.8, 4) is 0 Å². The van der Waals surface area contributed by atoms with Gasteiger partial charge in [-0.15, -0.1) is 0 Å². The van der Waals surface area contributed by atoms with Gasteiger partial charge in [0.25, 0.3) is 0 Å². The van der Waals surface area contributed by atoms with Crippen molar-refractivity contribution >= 4 is 11.9 Å². The summed E-state index contributed by atoms with van der Waals surface area (Å²) < 4.78 is 0. The van der Waals surface area contributed by atoms with E-state index in [1.807, 2.05) is 0 Å². The molecule has 1 saturated carbocycles. The summed E-state index contributed by atoms with van der Waals surface area (Å²) in [6.07, 6.45) is 6.71. The van der Waals surface area contributed by atoms with E-state index in [1.165, 1.54) is 12.8 Å². The van der Waals surface area contributed by atoms with Gasteiger partial charge in [-0.05, 0) is 19.3 Å². The zero-order valence-electron chi connectivity index (χ0n) is 8.96. The van der Waals surface area contributed by atoms with Crippen LogP contribution in [0.25, 0.3) is 0 Å². The molecule has 0 unspecified atom stereocenters. The highest BCUT2D eigenvalue weighted by atomic mass is 16.4. The van der Waals surface area contributed by atoms with Crippen LogP contribution in [0.2, 0.25) is 0 Å². The minimum absolute atomic E-state index is 0.0405. The molecule has 0 heterocycles. The van der Waals surface area contributed by atoms with Crippen molar-refractivity contribution in [1.29, 1.82) is 0 Å². The maximum Gasteiger partial charge on any atom is 0.220 e. The Labute approximate surface area is 90.0 Å². The molecule has 0 radical (unpaired) electrons. The molecule has 1 rings (SSSR count). The Kier molecular flexibility index (Phi) is 5.15. The smallest absolute Gasteiger partial charge is 0.220 e. The van der Waals surface area contributed by atoms with Crippen LogP contribution in [0.3, 0.4) is 0 Å². The van der Waals surface area contributed by atoms with Crippen molar-refractivity contribution in [1.82, 2.24) is 5.32 Å². The van der Waals surface area contributed by atoms with Gasteiger partial charge in [0.15, 0.2) is 0 Å². The van der Waals surface area contributed by atoms with Crippen molar-refractivity contribution in [2.75, 3.05) is 0 Å². The van der Waals surface area contributed by atoms with Gasteiger partial charge in [-0.1, -0.05) is 25.7 Å². The zero-order chi connectivity index (χ0) is 11.1. The molecule has 0 aromatic heterocycles. The molecule has 1 aliphatic rings. The second-order valence-electron chi connectivity index (χ2n) is 4.13. The summed E-state index contributed by atoms with van der Waals surface area (Å²) in [7, 11) is 0. The summed E-state index contributed by atoms with van der Waals surface area (Å²) in [6, 6.07) is 0.252. The highest BCUT2D eigenvalue weighted by Gasteiger charge is 2.14. The van der Waals surface area contributed by atoms with E-state index in [-0.39, 0.29) is 24.8 Å². The molecule has 1 aliphatic carbocycles. The molecule has 4 nitrogen and oxygen atoms in total. The lowest BCUT2D eigenvalue weighted by Crippen LogP contribution is -2.35. The van der Waals surface area contributed by atoms with Crippen LogP contribution in [-0.4, -0.2) is 17.9 Å². The highest BCUT2D eigenvalue weighted by molar-refractivity contribution is 5.80. The first-order chi connectivity index (χ1) is 7.18.